The van der Waals surface area contributed by atoms with Crippen molar-refractivity contribution in [2.24, 2.45) is 0 Å². The lowest BCUT2D eigenvalue weighted by Crippen LogP contribution is -1.92. The molecular formula is C14H9ClO2S. The van der Waals surface area contributed by atoms with E-state index in [1.165, 1.54) is 6.07 Å². The summed E-state index contributed by atoms with van der Waals surface area (Å²) in [5, 5.41) is 3.66. The van der Waals surface area contributed by atoms with Crippen LogP contribution in [0.25, 0.3) is 21.5 Å². The molecule has 0 amide bonds. The van der Waals surface area contributed by atoms with E-state index in [-0.39, 0.29) is 4.90 Å². The molecule has 0 unspecified atom stereocenters. The van der Waals surface area contributed by atoms with E-state index in [4.69, 9.17) is 10.7 Å². The van der Waals surface area contributed by atoms with Gasteiger partial charge in [-0.2, -0.15) is 0 Å². The Hall–Kier alpha value is -1.58. The quantitative estimate of drug-likeness (QED) is 0.499. The minimum absolute atomic E-state index is 0.160. The highest BCUT2D eigenvalue weighted by molar-refractivity contribution is 8.14. The molecule has 2 nitrogen and oxygen atoms in total. The highest BCUT2D eigenvalue weighted by Gasteiger charge is 2.14. The van der Waals surface area contributed by atoms with Gasteiger partial charge in [-0.25, -0.2) is 8.42 Å². The third-order valence-electron chi connectivity index (χ3n) is 3.01. The first-order chi connectivity index (χ1) is 8.57. The summed E-state index contributed by atoms with van der Waals surface area (Å²) in [5.41, 5.74) is 0. The van der Waals surface area contributed by atoms with E-state index in [0.29, 0.717) is 5.39 Å². The Bertz CT molecular complexity index is 854. The number of hydrogen-bond acceptors (Lipinski definition) is 2. The summed E-state index contributed by atoms with van der Waals surface area (Å²) in [5.74, 6) is 0. The van der Waals surface area contributed by atoms with Gasteiger partial charge in [-0.15, -0.1) is 0 Å². The van der Waals surface area contributed by atoms with Gasteiger partial charge in [-0.1, -0.05) is 48.5 Å². The van der Waals surface area contributed by atoms with Crippen LogP contribution in [0.5, 0.6) is 0 Å². The second kappa shape index (κ2) is 3.97. The maximum Gasteiger partial charge on any atom is 0.261 e. The summed E-state index contributed by atoms with van der Waals surface area (Å²) in [7, 11) is 1.74. The fourth-order valence-corrected chi connectivity index (χ4v) is 3.31. The molecule has 90 valence electrons. The zero-order valence-electron chi connectivity index (χ0n) is 9.30. The van der Waals surface area contributed by atoms with Crippen LogP contribution in [-0.2, 0) is 9.05 Å². The number of hydrogen-bond donors (Lipinski definition) is 0. The van der Waals surface area contributed by atoms with Crippen molar-refractivity contribution < 1.29 is 8.42 Å². The molecule has 0 fully saturated rings. The lowest BCUT2D eigenvalue weighted by atomic mass is 10.0. The van der Waals surface area contributed by atoms with Crippen LogP contribution in [0.15, 0.2) is 59.5 Å². The van der Waals surface area contributed by atoms with Crippen molar-refractivity contribution in [3.8, 4) is 0 Å². The Morgan fingerprint density at radius 1 is 0.722 bits per heavy atom. The molecule has 3 rings (SSSR count). The molecule has 0 bridgehead atoms. The molecule has 3 aromatic rings. The van der Waals surface area contributed by atoms with E-state index in [1.807, 2.05) is 36.4 Å². The molecule has 0 heterocycles. The van der Waals surface area contributed by atoms with Crippen molar-refractivity contribution in [1.29, 1.82) is 0 Å². The molecular weight excluding hydrogens is 268 g/mol. The van der Waals surface area contributed by atoms with E-state index >= 15 is 0 Å². The molecule has 0 radical (unpaired) electrons. The first-order valence-corrected chi connectivity index (χ1v) is 7.73. The van der Waals surface area contributed by atoms with E-state index in [9.17, 15) is 8.42 Å². The van der Waals surface area contributed by atoms with Crippen LogP contribution in [0.2, 0.25) is 0 Å². The minimum atomic E-state index is -3.73. The van der Waals surface area contributed by atoms with Gasteiger partial charge in [0.25, 0.3) is 9.05 Å². The predicted molar refractivity (Wildman–Crippen MR) is 74.5 cm³/mol. The molecule has 4 heteroatoms. The first kappa shape index (κ1) is 11.5. The number of fused-ring (bicyclic) bond motifs is 3. The van der Waals surface area contributed by atoms with Crippen molar-refractivity contribution >= 4 is 41.3 Å². The fourth-order valence-electron chi connectivity index (χ4n) is 2.22. The molecule has 0 atom stereocenters. The van der Waals surface area contributed by atoms with E-state index in [2.05, 4.69) is 0 Å². The SMILES string of the molecule is O=S(=O)(Cl)c1cccc2c1ccc1ccccc12. The first-order valence-electron chi connectivity index (χ1n) is 5.42. The van der Waals surface area contributed by atoms with E-state index < -0.39 is 9.05 Å². The molecule has 0 aliphatic carbocycles. The molecule has 0 N–H and O–H groups in total. The Kier molecular flexibility index (Phi) is 2.54. The van der Waals surface area contributed by atoms with Crippen molar-refractivity contribution in [2.75, 3.05) is 0 Å². The lowest BCUT2D eigenvalue weighted by molar-refractivity contribution is 0.610. The van der Waals surface area contributed by atoms with Crippen LogP contribution in [0.3, 0.4) is 0 Å². The van der Waals surface area contributed by atoms with Crippen molar-refractivity contribution in [3.05, 3.63) is 54.6 Å². The predicted octanol–water partition coefficient (Wildman–Crippen LogP) is 3.92. The van der Waals surface area contributed by atoms with Gasteiger partial charge in [0.2, 0.25) is 0 Å². The van der Waals surface area contributed by atoms with Crippen LogP contribution < -0.4 is 0 Å². The molecule has 0 spiro atoms. The van der Waals surface area contributed by atoms with Gasteiger partial charge in [-0.3, -0.25) is 0 Å². The second-order valence-electron chi connectivity index (χ2n) is 4.08. The smallest absolute Gasteiger partial charge is 0.207 e. The Morgan fingerprint density at radius 3 is 2.22 bits per heavy atom. The average Bonchev–Trinajstić information content (AvgIpc) is 2.36. The van der Waals surface area contributed by atoms with Gasteiger partial charge in [0.15, 0.2) is 0 Å². The van der Waals surface area contributed by atoms with Crippen LogP contribution in [0.4, 0.5) is 0 Å². The Labute approximate surface area is 109 Å². The van der Waals surface area contributed by atoms with Gasteiger partial charge >= 0.3 is 0 Å². The Balaban J connectivity index is 2.56. The Morgan fingerprint density at radius 2 is 1.44 bits per heavy atom. The van der Waals surface area contributed by atoms with Gasteiger partial charge in [0.1, 0.15) is 0 Å². The van der Waals surface area contributed by atoms with Crippen LogP contribution in [0.1, 0.15) is 0 Å². The molecule has 0 aliphatic rings. The van der Waals surface area contributed by atoms with Crippen molar-refractivity contribution in [2.45, 2.75) is 4.90 Å². The summed E-state index contributed by atoms with van der Waals surface area (Å²) in [6, 6.07) is 16.7. The standard InChI is InChI=1S/C14H9ClO2S/c15-18(16,17)14-7-3-6-12-11-5-2-1-4-10(11)8-9-13(12)14/h1-9H. The van der Waals surface area contributed by atoms with Gasteiger partial charge in [0, 0.05) is 16.1 Å². The summed E-state index contributed by atoms with van der Waals surface area (Å²) in [6.45, 7) is 0. The zero-order valence-corrected chi connectivity index (χ0v) is 10.9. The normalized spacial score (nSPS) is 12.1. The zero-order chi connectivity index (χ0) is 12.8. The molecule has 0 saturated heterocycles. The molecule has 3 aromatic carbocycles. The highest BCUT2D eigenvalue weighted by atomic mass is 35.7. The van der Waals surface area contributed by atoms with Crippen LogP contribution in [-0.4, -0.2) is 8.42 Å². The summed E-state index contributed by atoms with van der Waals surface area (Å²) >= 11 is 0. The summed E-state index contributed by atoms with van der Waals surface area (Å²) in [4.78, 5) is 0.160. The van der Waals surface area contributed by atoms with Crippen LogP contribution >= 0.6 is 10.7 Å². The lowest BCUT2D eigenvalue weighted by Gasteiger charge is -2.06. The molecule has 0 aliphatic heterocycles. The average molecular weight is 277 g/mol. The third-order valence-corrected chi connectivity index (χ3v) is 4.39. The van der Waals surface area contributed by atoms with Crippen LogP contribution in [0, 0.1) is 0 Å². The monoisotopic (exact) mass is 276 g/mol. The van der Waals surface area contributed by atoms with E-state index in [0.717, 1.165) is 16.2 Å². The molecule has 18 heavy (non-hydrogen) atoms. The third kappa shape index (κ3) is 1.76. The van der Waals surface area contributed by atoms with Gasteiger partial charge in [0.05, 0.1) is 4.90 Å². The molecule has 0 aromatic heterocycles. The van der Waals surface area contributed by atoms with Crippen molar-refractivity contribution in [1.82, 2.24) is 0 Å². The maximum absolute atomic E-state index is 11.5. The maximum atomic E-state index is 11.5. The summed E-state index contributed by atoms with van der Waals surface area (Å²) < 4.78 is 23.1. The fraction of sp³-hybridized carbons (Fsp3) is 0. The van der Waals surface area contributed by atoms with Gasteiger partial charge in [-0.05, 0) is 22.2 Å². The number of rotatable bonds is 1. The largest absolute Gasteiger partial charge is 0.261 e. The summed E-state index contributed by atoms with van der Waals surface area (Å²) in [6.07, 6.45) is 0. The van der Waals surface area contributed by atoms with Crippen molar-refractivity contribution in [3.63, 3.8) is 0 Å². The highest BCUT2D eigenvalue weighted by Crippen LogP contribution is 2.31. The van der Waals surface area contributed by atoms with E-state index in [1.54, 1.807) is 12.1 Å². The number of benzene rings is 3. The van der Waals surface area contributed by atoms with Gasteiger partial charge < -0.3 is 0 Å². The topological polar surface area (TPSA) is 34.1 Å². The minimum Gasteiger partial charge on any atom is -0.207 e. The molecule has 0 saturated carbocycles. The number of halogens is 1. The second-order valence-corrected chi connectivity index (χ2v) is 6.61.